The summed E-state index contributed by atoms with van der Waals surface area (Å²) in [6.45, 7) is 4.65. The summed E-state index contributed by atoms with van der Waals surface area (Å²) >= 11 is 1.36. The first-order chi connectivity index (χ1) is 12.7. The molecular weight excluding hydrogens is 344 g/mol. The highest BCUT2D eigenvalue weighted by Gasteiger charge is 2.07. The number of nitrogens with one attached hydrogen (secondary N) is 1. The SMILES string of the molecule is Cc1cc(C)n(-c2ccc(CNc3nc(-c4ccccc4)ns3)cn2)n1. The van der Waals surface area contributed by atoms with Crippen LogP contribution in [0.1, 0.15) is 17.0 Å². The van der Waals surface area contributed by atoms with Gasteiger partial charge in [0.05, 0.1) is 5.69 Å². The van der Waals surface area contributed by atoms with Crippen LogP contribution in [0.25, 0.3) is 17.2 Å². The zero-order valence-electron chi connectivity index (χ0n) is 14.5. The minimum Gasteiger partial charge on any atom is -0.356 e. The Hall–Kier alpha value is -3.06. The summed E-state index contributed by atoms with van der Waals surface area (Å²) in [5, 5.41) is 8.56. The van der Waals surface area contributed by atoms with Crippen LogP contribution < -0.4 is 5.32 Å². The van der Waals surface area contributed by atoms with Gasteiger partial charge < -0.3 is 5.32 Å². The molecule has 3 heterocycles. The molecule has 4 rings (SSSR count). The van der Waals surface area contributed by atoms with Crippen LogP contribution in [-0.4, -0.2) is 24.1 Å². The van der Waals surface area contributed by atoms with Crippen LogP contribution >= 0.6 is 11.5 Å². The van der Waals surface area contributed by atoms with E-state index in [-0.39, 0.29) is 0 Å². The molecule has 1 aromatic carbocycles. The van der Waals surface area contributed by atoms with Gasteiger partial charge in [-0.3, -0.25) is 0 Å². The Balaban J connectivity index is 1.42. The van der Waals surface area contributed by atoms with E-state index in [4.69, 9.17) is 0 Å². The molecule has 3 aromatic heterocycles. The van der Waals surface area contributed by atoms with Gasteiger partial charge in [0, 0.05) is 35.5 Å². The molecule has 0 fully saturated rings. The van der Waals surface area contributed by atoms with E-state index >= 15 is 0 Å². The number of rotatable bonds is 5. The molecule has 130 valence electrons. The van der Waals surface area contributed by atoms with Crippen molar-refractivity contribution in [3.8, 4) is 17.2 Å². The van der Waals surface area contributed by atoms with Crippen molar-refractivity contribution < 1.29 is 0 Å². The van der Waals surface area contributed by atoms with Gasteiger partial charge in [-0.05, 0) is 31.5 Å². The van der Waals surface area contributed by atoms with E-state index in [1.54, 1.807) is 0 Å². The fourth-order valence-electron chi connectivity index (χ4n) is 2.68. The highest BCUT2D eigenvalue weighted by Crippen LogP contribution is 2.21. The molecule has 0 bridgehead atoms. The first-order valence-electron chi connectivity index (χ1n) is 8.30. The standard InChI is InChI=1S/C19H18N6S/c1-13-10-14(2)25(23-13)17-9-8-15(11-20-17)12-21-19-22-18(24-26-19)16-6-4-3-5-7-16/h3-11H,12H2,1-2H3,(H,21,22,24). The Labute approximate surface area is 155 Å². The van der Waals surface area contributed by atoms with Crippen LogP contribution in [0.2, 0.25) is 0 Å². The largest absolute Gasteiger partial charge is 0.356 e. The normalized spacial score (nSPS) is 10.8. The Morgan fingerprint density at radius 2 is 1.92 bits per heavy atom. The van der Waals surface area contributed by atoms with Crippen molar-refractivity contribution in [1.29, 1.82) is 0 Å². The van der Waals surface area contributed by atoms with Gasteiger partial charge in [-0.2, -0.15) is 14.5 Å². The highest BCUT2D eigenvalue weighted by atomic mass is 32.1. The second kappa shape index (κ2) is 7.05. The van der Waals surface area contributed by atoms with Gasteiger partial charge in [-0.1, -0.05) is 36.4 Å². The number of anilines is 1. The molecular formula is C19H18N6S. The average molecular weight is 362 g/mol. The fourth-order valence-corrected chi connectivity index (χ4v) is 3.27. The molecule has 26 heavy (non-hydrogen) atoms. The second-order valence-electron chi connectivity index (χ2n) is 6.01. The van der Waals surface area contributed by atoms with Gasteiger partial charge >= 0.3 is 0 Å². The Morgan fingerprint density at radius 3 is 2.62 bits per heavy atom. The zero-order chi connectivity index (χ0) is 17.9. The summed E-state index contributed by atoms with van der Waals surface area (Å²) in [6, 6.07) is 16.0. The van der Waals surface area contributed by atoms with Crippen molar-refractivity contribution in [2.45, 2.75) is 20.4 Å². The number of pyridine rings is 1. The third-order valence-electron chi connectivity index (χ3n) is 3.94. The molecule has 0 amide bonds. The van der Waals surface area contributed by atoms with Gasteiger partial charge in [-0.15, -0.1) is 0 Å². The van der Waals surface area contributed by atoms with E-state index in [2.05, 4.69) is 24.8 Å². The van der Waals surface area contributed by atoms with E-state index in [1.807, 2.05) is 73.3 Å². The molecule has 0 atom stereocenters. The molecule has 0 aliphatic heterocycles. The summed E-state index contributed by atoms with van der Waals surface area (Å²) in [4.78, 5) is 9.05. The van der Waals surface area contributed by atoms with Crippen molar-refractivity contribution in [3.05, 3.63) is 71.7 Å². The van der Waals surface area contributed by atoms with Crippen molar-refractivity contribution >= 4 is 16.7 Å². The van der Waals surface area contributed by atoms with E-state index in [1.165, 1.54) is 11.5 Å². The minimum atomic E-state index is 0.647. The highest BCUT2D eigenvalue weighted by molar-refractivity contribution is 7.09. The van der Waals surface area contributed by atoms with Gasteiger partial charge in [0.1, 0.15) is 0 Å². The summed E-state index contributed by atoms with van der Waals surface area (Å²) in [5.74, 6) is 1.57. The lowest BCUT2D eigenvalue weighted by molar-refractivity contribution is 0.804. The van der Waals surface area contributed by atoms with Crippen molar-refractivity contribution in [2.24, 2.45) is 0 Å². The average Bonchev–Trinajstić information content (AvgIpc) is 3.27. The van der Waals surface area contributed by atoms with Crippen molar-refractivity contribution in [2.75, 3.05) is 5.32 Å². The minimum absolute atomic E-state index is 0.647. The molecule has 0 aliphatic carbocycles. The van der Waals surface area contributed by atoms with Gasteiger partial charge in [0.15, 0.2) is 11.6 Å². The van der Waals surface area contributed by atoms with Crippen molar-refractivity contribution in [1.82, 2.24) is 24.1 Å². The molecule has 0 unspecified atom stereocenters. The number of hydrogen-bond acceptors (Lipinski definition) is 6. The molecule has 0 aliphatic rings. The summed E-state index contributed by atoms with van der Waals surface area (Å²) in [6.07, 6.45) is 1.86. The van der Waals surface area contributed by atoms with E-state index in [0.717, 1.165) is 39.3 Å². The predicted octanol–water partition coefficient (Wildman–Crippen LogP) is 4.01. The van der Waals surface area contributed by atoms with Gasteiger partial charge in [0.25, 0.3) is 0 Å². The number of aromatic nitrogens is 5. The third kappa shape index (κ3) is 3.48. The molecule has 6 nitrogen and oxygen atoms in total. The van der Waals surface area contributed by atoms with E-state index < -0.39 is 0 Å². The summed E-state index contributed by atoms with van der Waals surface area (Å²) in [7, 11) is 0. The number of benzene rings is 1. The Morgan fingerprint density at radius 1 is 1.08 bits per heavy atom. The van der Waals surface area contributed by atoms with Crippen LogP contribution in [0.15, 0.2) is 54.7 Å². The summed E-state index contributed by atoms with van der Waals surface area (Å²) < 4.78 is 6.26. The van der Waals surface area contributed by atoms with Crippen LogP contribution in [-0.2, 0) is 6.54 Å². The van der Waals surface area contributed by atoms with Gasteiger partial charge in [0.2, 0.25) is 5.13 Å². The van der Waals surface area contributed by atoms with Crippen LogP contribution in [0, 0.1) is 13.8 Å². The molecule has 7 heteroatoms. The molecule has 4 aromatic rings. The molecule has 0 spiro atoms. The second-order valence-corrected chi connectivity index (χ2v) is 6.76. The smallest absolute Gasteiger partial charge is 0.203 e. The van der Waals surface area contributed by atoms with Gasteiger partial charge in [-0.25, -0.2) is 9.67 Å². The quantitative estimate of drug-likeness (QED) is 0.581. The molecule has 0 saturated heterocycles. The van der Waals surface area contributed by atoms with Crippen LogP contribution in [0.5, 0.6) is 0 Å². The van der Waals surface area contributed by atoms with E-state index in [9.17, 15) is 0 Å². The zero-order valence-corrected chi connectivity index (χ0v) is 15.4. The molecule has 0 saturated carbocycles. The topological polar surface area (TPSA) is 68.5 Å². The predicted molar refractivity (Wildman–Crippen MR) is 104 cm³/mol. The third-order valence-corrected chi connectivity index (χ3v) is 4.61. The van der Waals surface area contributed by atoms with E-state index in [0.29, 0.717) is 6.54 Å². The lowest BCUT2D eigenvalue weighted by Gasteiger charge is -2.05. The molecule has 0 radical (unpaired) electrons. The number of hydrogen-bond donors (Lipinski definition) is 1. The maximum absolute atomic E-state index is 4.54. The maximum atomic E-state index is 4.54. The fraction of sp³-hybridized carbons (Fsp3) is 0.158. The summed E-state index contributed by atoms with van der Waals surface area (Å²) in [5.41, 5.74) is 4.16. The monoisotopic (exact) mass is 362 g/mol. The molecule has 1 N–H and O–H groups in total. The van der Waals surface area contributed by atoms with Crippen LogP contribution in [0.4, 0.5) is 5.13 Å². The lowest BCUT2D eigenvalue weighted by Crippen LogP contribution is -2.04. The first kappa shape index (κ1) is 16.4. The first-order valence-corrected chi connectivity index (χ1v) is 9.08. The maximum Gasteiger partial charge on any atom is 0.203 e. The van der Waals surface area contributed by atoms with Crippen LogP contribution in [0.3, 0.4) is 0 Å². The number of aryl methyl sites for hydroxylation is 2. The Bertz CT molecular complexity index is 1000. The lowest BCUT2D eigenvalue weighted by atomic mass is 10.2. The Kier molecular flexibility index (Phi) is 4.45. The van der Waals surface area contributed by atoms with Crippen molar-refractivity contribution in [3.63, 3.8) is 0 Å². The number of nitrogens with zero attached hydrogens (tertiary/aromatic N) is 5.